The highest BCUT2D eigenvalue weighted by molar-refractivity contribution is 14.1. The third-order valence-corrected chi connectivity index (χ3v) is 7.09. The first-order chi connectivity index (χ1) is 8.06. The minimum atomic E-state index is -2.45. The SMILES string of the molecule is CO[Si](CCc1cc(I)ccc1I)(OC)OC. The lowest BCUT2D eigenvalue weighted by Crippen LogP contribution is -2.43. The smallest absolute Gasteiger partial charge is 0.377 e. The van der Waals surface area contributed by atoms with Gasteiger partial charge in [0.15, 0.2) is 0 Å². The maximum atomic E-state index is 5.42. The predicted octanol–water partition coefficient (Wildman–Crippen LogP) is 3.32. The molecule has 6 heteroatoms. The number of halogens is 2. The number of aryl methyl sites for hydroxylation is 1. The molecule has 0 heterocycles. The number of benzene rings is 1. The lowest BCUT2D eigenvalue weighted by Gasteiger charge is -2.24. The summed E-state index contributed by atoms with van der Waals surface area (Å²) in [6, 6.07) is 7.24. The van der Waals surface area contributed by atoms with Crippen molar-refractivity contribution in [1.29, 1.82) is 0 Å². The van der Waals surface area contributed by atoms with Crippen molar-refractivity contribution in [3.63, 3.8) is 0 Å². The van der Waals surface area contributed by atoms with Gasteiger partial charge in [0.1, 0.15) is 0 Å². The van der Waals surface area contributed by atoms with Gasteiger partial charge in [0.25, 0.3) is 0 Å². The lowest BCUT2D eigenvalue weighted by atomic mass is 10.2. The van der Waals surface area contributed by atoms with Crippen molar-refractivity contribution in [2.45, 2.75) is 12.5 Å². The molecule has 0 saturated heterocycles. The Hall–Kier alpha value is 0.777. The van der Waals surface area contributed by atoms with Crippen molar-refractivity contribution in [3.05, 3.63) is 30.9 Å². The molecule has 0 fully saturated rings. The van der Waals surface area contributed by atoms with Crippen LogP contribution < -0.4 is 0 Å². The van der Waals surface area contributed by atoms with Crippen LogP contribution in [-0.4, -0.2) is 30.1 Å². The van der Waals surface area contributed by atoms with Gasteiger partial charge in [-0.2, -0.15) is 0 Å². The van der Waals surface area contributed by atoms with E-state index in [0.717, 1.165) is 12.5 Å². The quantitative estimate of drug-likeness (QED) is 0.464. The van der Waals surface area contributed by atoms with Gasteiger partial charge < -0.3 is 13.3 Å². The van der Waals surface area contributed by atoms with E-state index in [0.29, 0.717) is 0 Å². The predicted molar refractivity (Wildman–Crippen MR) is 87.2 cm³/mol. The molecule has 0 N–H and O–H groups in total. The topological polar surface area (TPSA) is 27.7 Å². The highest BCUT2D eigenvalue weighted by atomic mass is 127. The summed E-state index contributed by atoms with van der Waals surface area (Å²) in [6.45, 7) is 0. The van der Waals surface area contributed by atoms with Crippen LogP contribution >= 0.6 is 45.2 Å². The molecule has 0 aliphatic heterocycles. The minimum Gasteiger partial charge on any atom is -0.377 e. The molecular weight excluding hydrogens is 462 g/mol. The van der Waals surface area contributed by atoms with Crippen LogP contribution in [0.25, 0.3) is 0 Å². The number of hydrogen-bond acceptors (Lipinski definition) is 3. The van der Waals surface area contributed by atoms with Crippen molar-refractivity contribution in [1.82, 2.24) is 0 Å². The Kier molecular flexibility index (Phi) is 6.88. The zero-order valence-electron chi connectivity index (χ0n) is 10.1. The Morgan fingerprint density at radius 2 is 1.65 bits per heavy atom. The van der Waals surface area contributed by atoms with Gasteiger partial charge in [-0.3, -0.25) is 0 Å². The summed E-state index contributed by atoms with van der Waals surface area (Å²) in [4.78, 5) is 0. The Bertz CT molecular complexity index is 361. The Balaban J connectivity index is 2.75. The van der Waals surface area contributed by atoms with E-state index in [9.17, 15) is 0 Å². The van der Waals surface area contributed by atoms with Crippen LogP contribution in [0.3, 0.4) is 0 Å². The molecule has 0 bridgehead atoms. The van der Waals surface area contributed by atoms with Crippen LogP contribution in [0.2, 0.25) is 6.04 Å². The normalized spacial score (nSPS) is 11.8. The molecular formula is C11H16I2O3Si. The molecule has 0 radical (unpaired) electrons. The van der Waals surface area contributed by atoms with E-state index in [1.165, 1.54) is 12.7 Å². The van der Waals surface area contributed by atoms with E-state index in [2.05, 4.69) is 63.4 Å². The summed E-state index contributed by atoms with van der Waals surface area (Å²) in [5, 5.41) is 0. The van der Waals surface area contributed by atoms with Crippen LogP contribution in [0.1, 0.15) is 5.56 Å². The highest BCUT2D eigenvalue weighted by Gasteiger charge is 2.37. The molecule has 1 aromatic rings. The van der Waals surface area contributed by atoms with Crippen LogP contribution in [0, 0.1) is 7.14 Å². The van der Waals surface area contributed by atoms with Gasteiger partial charge in [-0.15, -0.1) is 0 Å². The summed E-state index contributed by atoms with van der Waals surface area (Å²) in [7, 11) is 2.51. The van der Waals surface area contributed by atoms with Gasteiger partial charge in [-0.05, 0) is 75.4 Å². The van der Waals surface area contributed by atoms with Crippen LogP contribution in [0.5, 0.6) is 0 Å². The average molecular weight is 478 g/mol. The molecule has 17 heavy (non-hydrogen) atoms. The first-order valence-electron chi connectivity index (χ1n) is 5.16. The fourth-order valence-electron chi connectivity index (χ4n) is 1.58. The molecule has 96 valence electrons. The molecule has 0 amide bonds. The van der Waals surface area contributed by atoms with E-state index in [-0.39, 0.29) is 0 Å². The first kappa shape index (κ1) is 15.8. The Labute approximate surface area is 131 Å². The van der Waals surface area contributed by atoms with Gasteiger partial charge in [0.2, 0.25) is 0 Å². The molecule has 0 aliphatic rings. The summed E-state index contributed by atoms with van der Waals surface area (Å²) >= 11 is 4.68. The summed E-state index contributed by atoms with van der Waals surface area (Å²) in [6.07, 6.45) is 0.914. The minimum absolute atomic E-state index is 0.798. The van der Waals surface area contributed by atoms with Crippen LogP contribution in [0.4, 0.5) is 0 Å². The molecule has 0 spiro atoms. The maximum absolute atomic E-state index is 5.42. The van der Waals surface area contributed by atoms with Crippen LogP contribution in [0.15, 0.2) is 18.2 Å². The zero-order chi connectivity index (χ0) is 12.9. The van der Waals surface area contributed by atoms with E-state index < -0.39 is 8.80 Å². The average Bonchev–Trinajstić information content (AvgIpc) is 2.35. The third-order valence-electron chi connectivity index (χ3n) is 2.64. The second-order valence-electron chi connectivity index (χ2n) is 3.53. The Morgan fingerprint density at radius 1 is 1.06 bits per heavy atom. The summed E-state index contributed by atoms with van der Waals surface area (Å²) in [5.74, 6) is 0. The van der Waals surface area contributed by atoms with Gasteiger partial charge in [-0.1, -0.05) is 0 Å². The molecule has 0 aliphatic carbocycles. The van der Waals surface area contributed by atoms with Crippen molar-refractivity contribution < 1.29 is 13.3 Å². The first-order valence-corrected chi connectivity index (χ1v) is 9.25. The van der Waals surface area contributed by atoms with Gasteiger partial charge in [-0.25, -0.2) is 0 Å². The highest BCUT2D eigenvalue weighted by Crippen LogP contribution is 2.21. The molecule has 0 aromatic heterocycles. The largest absolute Gasteiger partial charge is 0.500 e. The van der Waals surface area contributed by atoms with Crippen molar-refractivity contribution >= 4 is 54.0 Å². The second kappa shape index (κ2) is 7.39. The summed E-state index contributed by atoms with van der Waals surface area (Å²) < 4.78 is 18.8. The van der Waals surface area contributed by atoms with Crippen molar-refractivity contribution in [3.8, 4) is 0 Å². The van der Waals surface area contributed by atoms with E-state index in [1.54, 1.807) is 21.3 Å². The van der Waals surface area contributed by atoms with E-state index in [4.69, 9.17) is 13.3 Å². The second-order valence-corrected chi connectivity index (χ2v) is 9.03. The number of rotatable bonds is 6. The standard InChI is InChI=1S/C11H16I2O3Si/c1-14-17(15-2,16-3)7-6-9-8-10(12)4-5-11(9)13/h4-5,8H,6-7H2,1-3H3. The molecule has 0 saturated carbocycles. The van der Waals surface area contributed by atoms with Crippen molar-refractivity contribution in [2.75, 3.05) is 21.3 Å². The van der Waals surface area contributed by atoms with Crippen molar-refractivity contribution in [2.24, 2.45) is 0 Å². The van der Waals surface area contributed by atoms with Gasteiger partial charge in [0, 0.05) is 34.5 Å². The number of hydrogen-bond donors (Lipinski definition) is 0. The fourth-order valence-corrected chi connectivity index (χ4v) is 4.43. The monoisotopic (exact) mass is 478 g/mol. The lowest BCUT2D eigenvalue weighted by molar-refractivity contribution is 0.123. The van der Waals surface area contributed by atoms with Gasteiger partial charge >= 0.3 is 8.80 Å². The molecule has 0 unspecified atom stereocenters. The molecule has 3 nitrogen and oxygen atoms in total. The fraction of sp³-hybridized carbons (Fsp3) is 0.455. The maximum Gasteiger partial charge on any atom is 0.500 e. The van der Waals surface area contributed by atoms with Crippen LogP contribution in [-0.2, 0) is 19.7 Å². The van der Waals surface area contributed by atoms with Gasteiger partial charge in [0.05, 0.1) is 0 Å². The molecule has 0 atom stereocenters. The van der Waals surface area contributed by atoms with E-state index in [1.807, 2.05) is 0 Å². The third kappa shape index (κ3) is 4.42. The summed E-state index contributed by atoms with van der Waals surface area (Å²) in [5.41, 5.74) is 1.32. The van der Waals surface area contributed by atoms with E-state index >= 15 is 0 Å². The molecule has 1 aromatic carbocycles. The Morgan fingerprint density at radius 3 is 2.18 bits per heavy atom. The molecule has 1 rings (SSSR count). The zero-order valence-corrected chi connectivity index (χ0v) is 15.4.